The lowest BCUT2D eigenvalue weighted by molar-refractivity contribution is -0.129. The van der Waals surface area contributed by atoms with Gasteiger partial charge in [0, 0.05) is 19.2 Å². The average Bonchev–Trinajstić information content (AvgIpc) is 3.11. The molecule has 0 atom stereocenters. The molecule has 0 aliphatic carbocycles. The summed E-state index contributed by atoms with van der Waals surface area (Å²) in [6.45, 7) is 0.130. The molecule has 162 valence electrons. The van der Waals surface area contributed by atoms with Crippen LogP contribution in [0.4, 0.5) is 4.39 Å². The number of rotatable bonds is 5. The van der Waals surface area contributed by atoms with Gasteiger partial charge in [0.15, 0.2) is 5.70 Å². The second kappa shape index (κ2) is 10.5. The van der Waals surface area contributed by atoms with Gasteiger partial charge in [-0.25, -0.2) is 14.2 Å². The maximum absolute atomic E-state index is 13.9. The van der Waals surface area contributed by atoms with Gasteiger partial charge in [0.05, 0.1) is 7.14 Å². The van der Waals surface area contributed by atoms with E-state index in [1.54, 1.807) is 24.3 Å². The van der Waals surface area contributed by atoms with Gasteiger partial charge in [-0.2, -0.15) is 0 Å². The monoisotopic (exact) mass is 829 g/mol. The van der Waals surface area contributed by atoms with Gasteiger partial charge in [0.2, 0.25) is 5.90 Å². The van der Waals surface area contributed by atoms with E-state index < -0.39 is 5.97 Å². The van der Waals surface area contributed by atoms with Gasteiger partial charge < -0.3 is 9.47 Å². The van der Waals surface area contributed by atoms with Crippen LogP contribution in [-0.4, -0.2) is 11.9 Å². The van der Waals surface area contributed by atoms with Gasteiger partial charge in [-0.05, 0) is 132 Å². The van der Waals surface area contributed by atoms with Crippen LogP contribution >= 0.6 is 83.7 Å². The van der Waals surface area contributed by atoms with Crippen LogP contribution in [0.5, 0.6) is 5.75 Å². The highest BCUT2D eigenvalue weighted by molar-refractivity contribution is 14.1. The Morgan fingerprint density at radius 3 is 2.44 bits per heavy atom. The maximum Gasteiger partial charge on any atom is 0.363 e. The number of aliphatic imine (C=N–C) groups is 1. The molecule has 32 heavy (non-hydrogen) atoms. The number of carbonyl (C=O) groups is 1. The fourth-order valence-corrected chi connectivity index (χ4v) is 5.73. The zero-order valence-electron chi connectivity index (χ0n) is 16.0. The van der Waals surface area contributed by atoms with E-state index in [1.807, 2.05) is 30.3 Å². The molecule has 1 aliphatic heterocycles. The summed E-state index contributed by atoms with van der Waals surface area (Å²) >= 11 is 10.0. The molecule has 4 rings (SSSR count). The van der Waals surface area contributed by atoms with Crippen molar-refractivity contribution >= 4 is 102 Å². The van der Waals surface area contributed by atoms with E-state index in [1.165, 1.54) is 6.07 Å². The standard InChI is InChI=1S/C23H12BrFI3NO3/c24-15-10-13(5-6-17(15)26)22-29-20(23(30)32-22)9-12-7-18(27)21(19(28)8-12)31-11-14-3-1-2-4-16(14)25/h1-10H,11H2/b20-9-. The Morgan fingerprint density at radius 2 is 1.75 bits per heavy atom. The quantitative estimate of drug-likeness (QED) is 0.154. The van der Waals surface area contributed by atoms with Gasteiger partial charge >= 0.3 is 5.97 Å². The second-order valence-electron chi connectivity index (χ2n) is 6.66. The number of halogens is 5. The van der Waals surface area contributed by atoms with Crippen molar-refractivity contribution in [2.24, 2.45) is 4.99 Å². The molecule has 0 radical (unpaired) electrons. The van der Waals surface area contributed by atoms with Crippen molar-refractivity contribution in [3.05, 3.63) is 98.0 Å². The molecule has 3 aromatic carbocycles. The topological polar surface area (TPSA) is 47.9 Å². The van der Waals surface area contributed by atoms with Crippen molar-refractivity contribution in [2.45, 2.75) is 6.61 Å². The Balaban J connectivity index is 1.57. The van der Waals surface area contributed by atoms with Gasteiger partial charge in [0.1, 0.15) is 18.2 Å². The zero-order valence-corrected chi connectivity index (χ0v) is 24.1. The van der Waals surface area contributed by atoms with Crippen LogP contribution in [0.3, 0.4) is 0 Å². The highest BCUT2D eigenvalue weighted by atomic mass is 127. The minimum absolute atomic E-state index is 0.130. The van der Waals surface area contributed by atoms with Crippen LogP contribution in [0.15, 0.2) is 69.8 Å². The van der Waals surface area contributed by atoms with E-state index in [9.17, 15) is 9.18 Å². The summed E-state index contributed by atoms with van der Waals surface area (Å²) in [6.07, 6.45) is 1.68. The van der Waals surface area contributed by atoms with Gasteiger partial charge in [0.25, 0.3) is 0 Å². The third-order valence-corrected chi connectivity index (χ3v) is 8.38. The highest BCUT2D eigenvalue weighted by Crippen LogP contribution is 2.31. The molecule has 0 unspecified atom stereocenters. The number of esters is 1. The fraction of sp³-hybridized carbons (Fsp3) is 0.0435. The molecule has 0 aromatic heterocycles. The van der Waals surface area contributed by atoms with E-state index >= 15 is 0 Å². The number of cyclic esters (lactones) is 1. The van der Waals surface area contributed by atoms with Gasteiger partial charge in [-0.15, -0.1) is 0 Å². The summed E-state index contributed by atoms with van der Waals surface area (Å²) in [4.78, 5) is 16.7. The molecule has 0 saturated carbocycles. The molecular formula is C23H12BrFI3NO3. The summed E-state index contributed by atoms with van der Waals surface area (Å²) in [5.74, 6) is 0.137. The van der Waals surface area contributed by atoms with Crippen LogP contribution in [0.25, 0.3) is 6.08 Å². The normalized spacial score (nSPS) is 14.5. The van der Waals surface area contributed by atoms with Crippen LogP contribution < -0.4 is 4.74 Å². The van der Waals surface area contributed by atoms with Crippen LogP contribution in [-0.2, 0) is 16.1 Å². The molecule has 0 bridgehead atoms. The Bertz CT molecular complexity index is 1270. The summed E-state index contributed by atoms with van der Waals surface area (Å²) in [5.41, 5.74) is 2.22. The van der Waals surface area contributed by atoms with E-state index in [-0.39, 0.29) is 24.0 Å². The summed E-state index contributed by atoms with van der Waals surface area (Å²) in [6, 6.07) is 15.9. The molecular weight excluding hydrogens is 818 g/mol. The fourth-order valence-electron chi connectivity index (χ4n) is 2.89. The van der Waals surface area contributed by atoms with Crippen molar-refractivity contribution in [1.29, 1.82) is 0 Å². The first kappa shape index (κ1) is 24.1. The average molecular weight is 830 g/mol. The van der Waals surface area contributed by atoms with Crippen molar-refractivity contribution in [3.63, 3.8) is 0 Å². The van der Waals surface area contributed by atoms with Crippen LogP contribution in [0.2, 0.25) is 0 Å². The molecule has 0 amide bonds. The number of hydrogen-bond donors (Lipinski definition) is 0. The molecule has 4 nitrogen and oxygen atoms in total. The third-order valence-electron chi connectivity index (χ3n) is 4.44. The first-order valence-corrected chi connectivity index (χ1v) is 13.2. The number of nitrogens with zero attached hydrogens (tertiary/aromatic N) is 1. The first-order valence-electron chi connectivity index (χ1n) is 9.15. The molecule has 3 aromatic rings. The lowest BCUT2D eigenvalue weighted by Gasteiger charge is -2.12. The first-order chi connectivity index (χ1) is 15.3. The predicted octanol–water partition coefficient (Wildman–Crippen LogP) is 7.33. The minimum atomic E-state index is -0.500. The molecule has 9 heteroatoms. The Hall–Kier alpha value is -1.06. The Labute approximate surface area is 233 Å². The van der Waals surface area contributed by atoms with Gasteiger partial charge in [-0.3, -0.25) is 0 Å². The molecule has 0 saturated heterocycles. The third kappa shape index (κ3) is 5.53. The Kier molecular flexibility index (Phi) is 7.88. The summed E-state index contributed by atoms with van der Waals surface area (Å²) < 4.78 is 28.7. The number of hydrogen-bond acceptors (Lipinski definition) is 4. The van der Waals surface area contributed by atoms with Crippen molar-refractivity contribution in [1.82, 2.24) is 0 Å². The minimum Gasteiger partial charge on any atom is -0.487 e. The van der Waals surface area contributed by atoms with Crippen molar-refractivity contribution < 1.29 is 18.7 Å². The molecule has 0 spiro atoms. The molecule has 1 aliphatic rings. The smallest absolute Gasteiger partial charge is 0.363 e. The summed E-state index contributed by atoms with van der Waals surface area (Å²) in [7, 11) is 0. The van der Waals surface area contributed by atoms with Crippen molar-refractivity contribution in [3.8, 4) is 5.75 Å². The number of benzene rings is 3. The van der Waals surface area contributed by atoms with Crippen LogP contribution in [0, 0.1) is 16.5 Å². The lowest BCUT2D eigenvalue weighted by atomic mass is 10.2. The SMILES string of the molecule is O=C1OC(c2ccc(I)c(Br)c2)=N/C1=C\c1cc(I)c(OCc2ccccc2F)c(I)c1. The highest BCUT2D eigenvalue weighted by Gasteiger charge is 2.25. The number of ether oxygens (including phenoxy) is 2. The van der Waals surface area contributed by atoms with Crippen LogP contribution in [0.1, 0.15) is 16.7 Å². The predicted molar refractivity (Wildman–Crippen MR) is 150 cm³/mol. The molecule has 0 fully saturated rings. The lowest BCUT2D eigenvalue weighted by Crippen LogP contribution is -2.05. The van der Waals surface area contributed by atoms with Crippen molar-refractivity contribution in [2.75, 3.05) is 0 Å². The second-order valence-corrected chi connectivity index (χ2v) is 11.0. The summed E-state index contributed by atoms with van der Waals surface area (Å²) in [5, 5.41) is 0. The van der Waals surface area contributed by atoms with Gasteiger partial charge in [-0.1, -0.05) is 18.2 Å². The van der Waals surface area contributed by atoms with E-state index in [4.69, 9.17) is 9.47 Å². The molecule has 1 heterocycles. The van der Waals surface area contributed by atoms with E-state index in [0.717, 1.165) is 26.3 Å². The number of carbonyl (C=O) groups excluding carboxylic acids is 1. The van der Waals surface area contributed by atoms with E-state index in [0.29, 0.717) is 11.3 Å². The Morgan fingerprint density at radius 1 is 1.03 bits per heavy atom. The zero-order chi connectivity index (χ0) is 22.8. The maximum atomic E-state index is 13.9. The van der Waals surface area contributed by atoms with E-state index in [2.05, 4.69) is 88.7 Å². The molecule has 0 N–H and O–H groups in total. The largest absolute Gasteiger partial charge is 0.487 e.